The highest BCUT2D eigenvalue weighted by atomic mass is 15.0. The molecule has 5 heterocycles. The number of benzene rings is 13. The Morgan fingerprint density at radius 1 is 0.222 bits per heavy atom. The van der Waals surface area contributed by atoms with Gasteiger partial charge in [-0.1, -0.05) is 170 Å². The maximum Gasteiger partial charge on any atom is 0.160 e. The number of para-hydroxylation sites is 6. The summed E-state index contributed by atoms with van der Waals surface area (Å²) in [6.45, 7) is 0. The van der Waals surface area contributed by atoms with Crippen molar-refractivity contribution in [3.63, 3.8) is 0 Å². The molecule has 18 rings (SSSR count). The monoisotopic (exact) mass is 1150 g/mol. The largest absolute Gasteiger partial charge is 0.309 e. The van der Waals surface area contributed by atoms with Crippen molar-refractivity contribution in [2.24, 2.45) is 0 Å². The third-order valence-corrected chi connectivity index (χ3v) is 18.2. The van der Waals surface area contributed by atoms with E-state index in [0.29, 0.717) is 11.4 Å². The second-order valence-electron chi connectivity index (χ2n) is 23.3. The van der Waals surface area contributed by atoms with Crippen LogP contribution < -0.4 is 0 Å². The summed E-state index contributed by atoms with van der Waals surface area (Å²) in [5.74, 6) is 0.574. The SMILES string of the molecule is N#Cc1ccc(-c2nc(-c3ccc(-n4c5ccccc5c5ccc(-c6ccc7c(c6)c6ccccc6n7-c6ccccc6)cc54)cc3)cc(-c3cccc(-n4c5ccccc5c5ccc(-c6ccc7c(c6)c6ccccc6n7-c6ccccc6)cc54)c3)n2)cc1. The van der Waals surface area contributed by atoms with Crippen LogP contribution in [0.4, 0.5) is 0 Å². The molecule has 0 bridgehead atoms. The van der Waals surface area contributed by atoms with Gasteiger partial charge in [0.15, 0.2) is 5.82 Å². The van der Waals surface area contributed by atoms with Gasteiger partial charge in [-0.25, -0.2) is 9.97 Å². The number of hydrogen-bond donors (Lipinski definition) is 0. The van der Waals surface area contributed by atoms with Gasteiger partial charge in [-0.2, -0.15) is 5.26 Å². The normalized spacial score (nSPS) is 11.8. The Kier molecular flexibility index (Phi) is 11.5. The molecular formula is C83H51N7. The van der Waals surface area contributed by atoms with Crippen LogP contribution in [-0.4, -0.2) is 28.2 Å². The molecule has 90 heavy (non-hydrogen) atoms. The molecule has 0 aliphatic rings. The summed E-state index contributed by atoms with van der Waals surface area (Å²) in [5, 5.41) is 19.4. The Balaban J connectivity index is 0.736. The molecule has 0 unspecified atom stereocenters. The highest BCUT2D eigenvalue weighted by Crippen LogP contribution is 2.42. The lowest BCUT2D eigenvalue weighted by Gasteiger charge is -2.13. The molecule has 7 nitrogen and oxygen atoms in total. The summed E-state index contributed by atoms with van der Waals surface area (Å²) >= 11 is 0. The number of aromatic nitrogens is 6. The van der Waals surface area contributed by atoms with Crippen molar-refractivity contribution in [3.05, 3.63) is 315 Å². The highest BCUT2D eigenvalue weighted by molar-refractivity contribution is 6.14. The molecule has 0 aliphatic heterocycles. The first-order valence-electron chi connectivity index (χ1n) is 30.4. The first-order chi connectivity index (χ1) is 44.6. The van der Waals surface area contributed by atoms with Crippen LogP contribution in [0.2, 0.25) is 0 Å². The van der Waals surface area contributed by atoms with E-state index in [2.05, 4.69) is 309 Å². The van der Waals surface area contributed by atoms with E-state index in [9.17, 15) is 5.26 Å². The van der Waals surface area contributed by atoms with Crippen molar-refractivity contribution in [2.45, 2.75) is 0 Å². The minimum atomic E-state index is 0.574. The molecule has 18 aromatic rings. The van der Waals surface area contributed by atoms with E-state index in [1.807, 2.05) is 24.3 Å². The van der Waals surface area contributed by atoms with E-state index in [1.165, 1.54) is 65.2 Å². The molecule has 0 spiro atoms. The number of fused-ring (bicyclic) bond motifs is 12. The van der Waals surface area contributed by atoms with E-state index < -0.39 is 0 Å². The average molecular weight is 1150 g/mol. The van der Waals surface area contributed by atoms with Gasteiger partial charge in [0.2, 0.25) is 0 Å². The Hall–Kier alpha value is -12.4. The minimum absolute atomic E-state index is 0.574. The average Bonchev–Trinajstić information content (AvgIpc) is 1.67. The van der Waals surface area contributed by atoms with Crippen molar-refractivity contribution < 1.29 is 0 Å². The van der Waals surface area contributed by atoms with Gasteiger partial charge in [0, 0.05) is 82.5 Å². The molecule has 0 radical (unpaired) electrons. The van der Waals surface area contributed by atoms with E-state index in [0.717, 1.165) is 95.1 Å². The zero-order valence-corrected chi connectivity index (χ0v) is 48.6. The van der Waals surface area contributed by atoms with Gasteiger partial charge in [0.25, 0.3) is 0 Å². The summed E-state index contributed by atoms with van der Waals surface area (Å²) in [6.07, 6.45) is 0. The predicted octanol–water partition coefficient (Wildman–Crippen LogP) is 21.1. The second-order valence-corrected chi connectivity index (χ2v) is 23.3. The second kappa shape index (κ2) is 20.4. The van der Waals surface area contributed by atoms with E-state index in [4.69, 9.17) is 9.97 Å². The minimum Gasteiger partial charge on any atom is -0.309 e. The number of nitrogens with zero attached hydrogens (tertiary/aromatic N) is 7. The van der Waals surface area contributed by atoms with Gasteiger partial charge in [-0.05, 0) is 162 Å². The fourth-order valence-corrected chi connectivity index (χ4v) is 14.0. The molecular weight excluding hydrogens is 1090 g/mol. The first kappa shape index (κ1) is 50.9. The summed E-state index contributed by atoms with van der Waals surface area (Å²) in [4.78, 5) is 10.6. The molecule has 0 fully saturated rings. The van der Waals surface area contributed by atoms with Crippen LogP contribution in [-0.2, 0) is 0 Å². The predicted molar refractivity (Wildman–Crippen MR) is 371 cm³/mol. The van der Waals surface area contributed by atoms with Crippen LogP contribution in [0.25, 0.3) is 166 Å². The zero-order chi connectivity index (χ0) is 59.4. The molecule has 0 atom stereocenters. The molecule has 418 valence electrons. The molecule has 0 saturated carbocycles. The lowest BCUT2D eigenvalue weighted by atomic mass is 10.0. The van der Waals surface area contributed by atoms with Gasteiger partial charge < -0.3 is 18.3 Å². The third-order valence-electron chi connectivity index (χ3n) is 18.2. The van der Waals surface area contributed by atoms with E-state index in [-0.39, 0.29) is 0 Å². The Labute approximate surface area is 517 Å². The van der Waals surface area contributed by atoms with E-state index in [1.54, 1.807) is 0 Å². The van der Waals surface area contributed by atoms with Crippen LogP contribution in [0.5, 0.6) is 0 Å². The van der Waals surface area contributed by atoms with E-state index >= 15 is 0 Å². The van der Waals surface area contributed by atoms with Crippen molar-refractivity contribution in [2.75, 3.05) is 0 Å². The van der Waals surface area contributed by atoms with Gasteiger partial charge in [0.05, 0.1) is 67.2 Å². The van der Waals surface area contributed by atoms with Crippen molar-refractivity contribution in [1.29, 1.82) is 5.26 Å². The van der Waals surface area contributed by atoms with Crippen LogP contribution in [0.1, 0.15) is 5.56 Å². The van der Waals surface area contributed by atoms with Gasteiger partial charge in [-0.3, -0.25) is 0 Å². The van der Waals surface area contributed by atoms with Gasteiger partial charge >= 0.3 is 0 Å². The summed E-state index contributed by atoms with van der Waals surface area (Å²) in [6, 6.07) is 113. The van der Waals surface area contributed by atoms with Crippen molar-refractivity contribution >= 4 is 87.2 Å². The number of rotatable bonds is 9. The van der Waals surface area contributed by atoms with Crippen LogP contribution in [0.3, 0.4) is 0 Å². The molecule has 13 aromatic carbocycles. The molecule has 5 aromatic heterocycles. The first-order valence-corrected chi connectivity index (χ1v) is 30.4. The van der Waals surface area contributed by atoms with Crippen LogP contribution in [0.15, 0.2) is 309 Å². The summed E-state index contributed by atoms with van der Waals surface area (Å²) in [7, 11) is 0. The fraction of sp³-hybridized carbons (Fsp3) is 0. The lowest BCUT2D eigenvalue weighted by Crippen LogP contribution is -1.98. The van der Waals surface area contributed by atoms with Crippen molar-refractivity contribution in [3.8, 4) is 85.0 Å². The number of nitriles is 1. The highest BCUT2D eigenvalue weighted by Gasteiger charge is 2.21. The third kappa shape index (κ3) is 8.13. The molecule has 0 aliphatic carbocycles. The summed E-state index contributed by atoms with van der Waals surface area (Å²) < 4.78 is 9.51. The Morgan fingerprint density at radius 2 is 0.578 bits per heavy atom. The summed E-state index contributed by atoms with van der Waals surface area (Å²) in [5.41, 5.74) is 23.1. The topological polar surface area (TPSA) is 69.3 Å². The smallest absolute Gasteiger partial charge is 0.160 e. The molecule has 7 heteroatoms. The standard InChI is InChI=1S/C83H51N7/c84-52-53-30-32-55(33-31-53)83-85-73(54-34-40-63(41-35-54)89-75-26-11-7-22-65(75)69-42-36-58(49-81(69)89)56-38-44-79-71(47-56)67-24-9-13-28-77(67)87(79)61-17-3-1-4-18-61)51-74(86-83)60-16-15-21-64(46-60)90-76-27-12-8-23-66(76)70-43-37-59(50-82(70)90)57-39-45-80-72(48-57)68-25-10-14-29-78(68)88(80)62-19-5-2-6-20-62/h1-51H. The maximum atomic E-state index is 9.79. The van der Waals surface area contributed by atoms with Crippen LogP contribution in [0, 0.1) is 11.3 Å². The number of hydrogen-bond acceptors (Lipinski definition) is 3. The quantitative estimate of drug-likeness (QED) is 0.145. The zero-order valence-electron chi connectivity index (χ0n) is 48.6. The maximum absolute atomic E-state index is 9.79. The molecule has 0 N–H and O–H groups in total. The fourth-order valence-electron chi connectivity index (χ4n) is 14.0. The van der Waals surface area contributed by atoms with Crippen LogP contribution >= 0.6 is 0 Å². The lowest BCUT2D eigenvalue weighted by molar-refractivity contribution is 1.16. The van der Waals surface area contributed by atoms with Gasteiger partial charge in [0.1, 0.15) is 0 Å². The van der Waals surface area contributed by atoms with Crippen molar-refractivity contribution in [1.82, 2.24) is 28.2 Å². The Bertz CT molecular complexity index is 5960. The molecule has 0 amide bonds. The van der Waals surface area contributed by atoms with Gasteiger partial charge in [-0.15, -0.1) is 0 Å². The molecule has 0 saturated heterocycles. The Morgan fingerprint density at radius 3 is 1.08 bits per heavy atom.